The van der Waals surface area contributed by atoms with E-state index in [0.717, 1.165) is 38.0 Å². The van der Waals surface area contributed by atoms with Crippen LogP contribution in [-0.4, -0.2) is 49.4 Å². The van der Waals surface area contributed by atoms with Gasteiger partial charge in [0.2, 0.25) is 11.8 Å². The van der Waals surface area contributed by atoms with Crippen LogP contribution >= 0.6 is 11.8 Å². The molecule has 3 fully saturated rings. The van der Waals surface area contributed by atoms with Crippen LogP contribution in [0.5, 0.6) is 0 Å². The molecule has 3 saturated heterocycles. The highest BCUT2D eigenvalue weighted by molar-refractivity contribution is 8.01. The van der Waals surface area contributed by atoms with Crippen molar-refractivity contribution in [1.82, 2.24) is 14.4 Å². The van der Waals surface area contributed by atoms with Gasteiger partial charge < -0.3 is 14.4 Å². The number of amides is 2. The number of thioether (sulfide) groups is 1. The summed E-state index contributed by atoms with van der Waals surface area (Å²) in [6, 6.07) is 4.01. The summed E-state index contributed by atoms with van der Waals surface area (Å²) in [6.45, 7) is 2.91. The van der Waals surface area contributed by atoms with E-state index >= 15 is 0 Å². The number of nitrogens with zero attached hydrogens (tertiary/aromatic N) is 3. The Morgan fingerprint density at radius 1 is 1.38 bits per heavy atom. The normalized spacial score (nSPS) is 33.2. The predicted octanol–water partition coefficient (Wildman–Crippen LogP) is 2.53. The molecule has 0 N–H and O–H groups in total. The second-order valence-corrected chi connectivity index (χ2v) is 8.85. The van der Waals surface area contributed by atoms with Crippen molar-refractivity contribution in [3.05, 3.63) is 24.0 Å². The van der Waals surface area contributed by atoms with Gasteiger partial charge in [-0.25, -0.2) is 0 Å². The average Bonchev–Trinajstić information content (AvgIpc) is 3.23. The van der Waals surface area contributed by atoms with Crippen LogP contribution in [-0.2, 0) is 16.6 Å². The van der Waals surface area contributed by atoms with Crippen LogP contribution < -0.4 is 0 Å². The number of likely N-dealkylation sites (tertiary alicyclic amines) is 1. The number of carbonyl (C=O) groups excluding carboxylic acids is 2. The molecule has 3 atom stereocenters. The molecule has 1 aromatic rings. The van der Waals surface area contributed by atoms with Crippen LogP contribution in [0.15, 0.2) is 18.3 Å². The number of hydrogen-bond donors (Lipinski definition) is 0. The Morgan fingerprint density at radius 3 is 2.96 bits per heavy atom. The van der Waals surface area contributed by atoms with Crippen LogP contribution in [0, 0.1) is 0 Å². The Kier molecular flexibility index (Phi) is 3.90. The zero-order valence-corrected chi connectivity index (χ0v) is 15.2. The third-order valence-electron chi connectivity index (χ3n) is 5.84. The van der Waals surface area contributed by atoms with Gasteiger partial charge in [0.1, 0.15) is 6.04 Å². The Labute approximate surface area is 147 Å². The van der Waals surface area contributed by atoms with Gasteiger partial charge in [-0.3, -0.25) is 9.59 Å². The zero-order chi connectivity index (χ0) is 16.9. The number of hydrogen-bond acceptors (Lipinski definition) is 3. The molecule has 2 amide bonds. The molecular weight excluding hydrogens is 322 g/mol. The van der Waals surface area contributed by atoms with Crippen molar-refractivity contribution in [3.63, 3.8) is 0 Å². The maximum absolute atomic E-state index is 13.4. The van der Waals surface area contributed by atoms with E-state index in [1.165, 1.54) is 5.69 Å². The largest absolute Gasteiger partial charge is 0.353 e. The first kappa shape index (κ1) is 16.1. The second-order valence-electron chi connectivity index (χ2n) is 7.35. The fraction of sp³-hybridized carbons (Fsp3) is 0.667. The maximum atomic E-state index is 13.4. The number of fused-ring (bicyclic) bond motifs is 1. The van der Waals surface area contributed by atoms with E-state index in [0.29, 0.717) is 6.42 Å². The topological polar surface area (TPSA) is 45.6 Å². The fourth-order valence-electron chi connectivity index (χ4n) is 4.52. The molecule has 4 heterocycles. The maximum Gasteiger partial charge on any atom is 0.246 e. The zero-order valence-electron chi connectivity index (χ0n) is 14.4. The van der Waals surface area contributed by atoms with E-state index in [1.807, 2.05) is 29.1 Å². The van der Waals surface area contributed by atoms with Crippen molar-refractivity contribution in [2.24, 2.45) is 7.05 Å². The van der Waals surface area contributed by atoms with E-state index in [1.54, 1.807) is 11.8 Å². The molecule has 0 bridgehead atoms. The van der Waals surface area contributed by atoms with Crippen LogP contribution in [0.3, 0.4) is 0 Å². The lowest BCUT2D eigenvalue weighted by atomic mass is 9.98. The smallest absolute Gasteiger partial charge is 0.246 e. The van der Waals surface area contributed by atoms with E-state index in [2.05, 4.69) is 17.6 Å². The second kappa shape index (κ2) is 5.83. The molecule has 1 aromatic heterocycles. The summed E-state index contributed by atoms with van der Waals surface area (Å²) in [7, 11) is 2.04. The Morgan fingerprint density at radius 2 is 2.21 bits per heavy atom. The first-order valence-electron chi connectivity index (χ1n) is 8.89. The molecule has 4 rings (SSSR count). The number of aromatic nitrogens is 1. The molecule has 0 spiro atoms. The van der Waals surface area contributed by atoms with Gasteiger partial charge in [-0.05, 0) is 44.7 Å². The molecule has 24 heavy (non-hydrogen) atoms. The molecule has 3 aliphatic heterocycles. The summed E-state index contributed by atoms with van der Waals surface area (Å²) in [5, 5.41) is 0. The van der Waals surface area contributed by atoms with Crippen molar-refractivity contribution in [1.29, 1.82) is 0 Å². The van der Waals surface area contributed by atoms with Crippen LogP contribution in [0.4, 0.5) is 0 Å². The van der Waals surface area contributed by atoms with Crippen LogP contribution in [0.1, 0.15) is 50.8 Å². The highest BCUT2D eigenvalue weighted by Gasteiger charge is 2.54. The summed E-state index contributed by atoms with van der Waals surface area (Å²) < 4.78 is 2.12. The quantitative estimate of drug-likeness (QED) is 0.826. The van der Waals surface area contributed by atoms with E-state index in [-0.39, 0.29) is 28.8 Å². The monoisotopic (exact) mass is 347 g/mol. The molecule has 130 valence electrons. The first-order valence-corrected chi connectivity index (χ1v) is 9.88. The number of rotatable bonds is 2. The first-order chi connectivity index (χ1) is 11.5. The Hall–Kier alpha value is -1.43. The highest BCUT2D eigenvalue weighted by atomic mass is 32.2. The van der Waals surface area contributed by atoms with Gasteiger partial charge in [0.15, 0.2) is 0 Å². The lowest BCUT2D eigenvalue weighted by Crippen LogP contribution is -2.53. The molecule has 0 unspecified atom stereocenters. The lowest BCUT2D eigenvalue weighted by Gasteiger charge is -2.39. The predicted molar refractivity (Wildman–Crippen MR) is 94.4 cm³/mol. The fourth-order valence-corrected chi connectivity index (χ4v) is 5.94. The molecular formula is C18H25N3O2S. The third kappa shape index (κ3) is 2.38. The van der Waals surface area contributed by atoms with Crippen molar-refractivity contribution in [3.8, 4) is 0 Å². The summed E-state index contributed by atoms with van der Waals surface area (Å²) in [6.07, 6.45) is 6.70. The van der Waals surface area contributed by atoms with Crippen molar-refractivity contribution >= 4 is 23.6 Å². The minimum absolute atomic E-state index is 0.140. The average molecular weight is 347 g/mol. The van der Waals surface area contributed by atoms with Crippen molar-refractivity contribution in [2.75, 3.05) is 12.3 Å². The Balaban J connectivity index is 1.61. The standard InChI is InChI=1S/C18H25N3O2S/c1-18-9-8-16(22)21(18)15(12-24-18)17(23)20-11-4-3-6-14(20)13-7-5-10-19(13)2/h5,7,10,14-15H,3-4,6,8-9,11-12H2,1-2H3/t14-,15-,18-/m0/s1. The molecule has 0 radical (unpaired) electrons. The highest BCUT2D eigenvalue weighted by Crippen LogP contribution is 2.48. The number of aryl methyl sites for hydroxylation is 1. The molecule has 0 aromatic carbocycles. The van der Waals surface area contributed by atoms with Gasteiger partial charge in [-0.2, -0.15) is 0 Å². The third-order valence-corrected chi connectivity index (χ3v) is 7.35. The minimum atomic E-state index is -0.282. The van der Waals surface area contributed by atoms with E-state index in [4.69, 9.17) is 0 Å². The van der Waals surface area contributed by atoms with Crippen LogP contribution in [0.25, 0.3) is 0 Å². The van der Waals surface area contributed by atoms with E-state index in [9.17, 15) is 9.59 Å². The van der Waals surface area contributed by atoms with Crippen molar-refractivity contribution < 1.29 is 9.59 Å². The van der Waals surface area contributed by atoms with Gasteiger partial charge in [-0.15, -0.1) is 11.8 Å². The molecule has 0 aliphatic carbocycles. The van der Waals surface area contributed by atoms with Crippen molar-refractivity contribution in [2.45, 2.75) is 56.0 Å². The summed E-state index contributed by atoms with van der Waals surface area (Å²) in [5.41, 5.74) is 1.20. The van der Waals surface area contributed by atoms with Gasteiger partial charge in [-0.1, -0.05) is 0 Å². The van der Waals surface area contributed by atoms with Gasteiger partial charge in [0.25, 0.3) is 0 Å². The molecule has 6 heteroatoms. The van der Waals surface area contributed by atoms with Gasteiger partial charge in [0, 0.05) is 37.7 Å². The SMILES string of the molecule is Cn1cccc1[C@@H]1CCCCN1C(=O)[C@@H]1CS[C@@]2(C)CCC(=O)N12. The number of carbonyl (C=O) groups is 2. The molecule has 0 saturated carbocycles. The molecule has 3 aliphatic rings. The Bertz CT molecular complexity index is 673. The molecule has 5 nitrogen and oxygen atoms in total. The lowest BCUT2D eigenvalue weighted by molar-refractivity contribution is -0.146. The summed E-state index contributed by atoms with van der Waals surface area (Å²) in [4.78, 5) is 29.5. The van der Waals surface area contributed by atoms with Gasteiger partial charge >= 0.3 is 0 Å². The van der Waals surface area contributed by atoms with Gasteiger partial charge in [0.05, 0.1) is 10.9 Å². The minimum Gasteiger partial charge on any atom is -0.353 e. The number of piperidine rings is 1. The summed E-state index contributed by atoms with van der Waals surface area (Å²) in [5.74, 6) is 1.03. The van der Waals surface area contributed by atoms with E-state index < -0.39 is 0 Å². The summed E-state index contributed by atoms with van der Waals surface area (Å²) >= 11 is 1.77. The van der Waals surface area contributed by atoms with Crippen LogP contribution in [0.2, 0.25) is 0 Å².